The third-order valence-corrected chi connectivity index (χ3v) is 3.45. The molecule has 1 aliphatic heterocycles. The number of benzene rings is 1. The first-order valence-corrected chi connectivity index (χ1v) is 7.11. The van der Waals surface area contributed by atoms with Gasteiger partial charge < -0.3 is 20.7 Å². The highest BCUT2D eigenvalue weighted by Crippen LogP contribution is 2.14. The molecular weight excluding hydrogens is 254 g/mol. The number of carbonyl (C=O) groups is 1. The quantitative estimate of drug-likeness (QED) is 0.606. The Labute approximate surface area is 120 Å². The molecule has 0 saturated carbocycles. The molecule has 0 spiro atoms. The van der Waals surface area contributed by atoms with Gasteiger partial charge in [0.15, 0.2) is 0 Å². The molecule has 0 aliphatic carbocycles. The lowest BCUT2D eigenvalue weighted by Crippen LogP contribution is -2.35. The van der Waals surface area contributed by atoms with Gasteiger partial charge in [-0.2, -0.15) is 0 Å². The zero-order chi connectivity index (χ0) is 14.4. The van der Waals surface area contributed by atoms with Crippen molar-refractivity contribution < 1.29 is 9.53 Å². The van der Waals surface area contributed by atoms with Gasteiger partial charge in [0.05, 0.1) is 6.61 Å². The molecule has 5 nitrogen and oxygen atoms in total. The minimum atomic E-state index is 0.0588. The van der Waals surface area contributed by atoms with Crippen LogP contribution < -0.4 is 15.8 Å². The van der Waals surface area contributed by atoms with Crippen molar-refractivity contribution in [3.63, 3.8) is 0 Å². The first-order chi connectivity index (χ1) is 9.63. The van der Waals surface area contributed by atoms with Crippen LogP contribution in [0, 0.1) is 0 Å². The van der Waals surface area contributed by atoms with Crippen LogP contribution in [-0.4, -0.2) is 43.1 Å². The summed E-state index contributed by atoms with van der Waals surface area (Å²) in [5.74, 6) is 0.917. The maximum Gasteiger partial charge on any atom is 0.217 e. The van der Waals surface area contributed by atoms with E-state index in [-0.39, 0.29) is 5.91 Å². The predicted molar refractivity (Wildman–Crippen MR) is 79.6 cm³/mol. The van der Waals surface area contributed by atoms with E-state index in [9.17, 15) is 4.79 Å². The summed E-state index contributed by atoms with van der Waals surface area (Å²) in [5.41, 5.74) is 6.37. The average Bonchev–Trinajstić information content (AvgIpc) is 2.83. The smallest absolute Gasteiger partial charge is 0.217 e. The summed E-state index contributed by atoms with van der Waals surface area (Å²) in [6.45, 7) is 5.27. The van der Waals surface area contributed by atoms with Crippen LogP contribution in [0.4, 0.5) is 5.69 Å². The van der Waals surface area contributed by atoms with Gasteiger partial charge >= 0.3 is 0 Å². The number of nitrogens with one attached hydrogen (secondary N) is 1. The molecule has 0 radical (unpaired) electrons. The maximum absolute atomic E-state index is 11.0. The summed E-state index contributed by atoms with van der Waals surface area (Å²) in [6.07, 6.45) is 2.02. The van der Waals surface area contributed by atoms with E-state index >= 15 is 0 Å². The highest BCUT2D eigenvalue weighted by molar-refractivity contribution is 5.73. The van der Waals surface area contributed by atoms with E-state index in [4.69, 9.17) is 10.5 Å². The molecule has 1 heterocycles. The molecule has 1 unspecified atom stereocenters. The lowest BCUT2D eigenvalue weighted by atomic mass is 10.2. The van der Waals surface area contributed by atoms with Crippen LogP contribution >= 0.6 is 0 Å². The SMILES string of the molecule is CC(=O)NC1CCN(CCCOc2ccc(N)cc2)C1. The van der Waals surface area contributed by atoms with E-state index in [0.29, 0.717) is 12.6 Å². The molecule has 1 aliphatic rings. The van der Waals surface area contributed by atoms with Crippen molar-refractivity contribution in [2.24, 2.45) is 0 Å². The molecule has 0 bridgehead atoms. The first-order valence-electron chi connectivity index (χ1n) is 7.11. The summed E-state index contributed by atoms with van der Waals surface area (Å²) >= 11 is 0. The number of hydrogen-bond donors (Lipinski definition) is 2. The Hall–Kier alpha value is -1.75. The van der Waals surface area contributed by atoms with Crippen molar-refractivity contribution in [1.82, 2.24) is 10.2 Å². The Balaban J connectivity index is 1.60. The van der Waals surface area contributed by atoms with Crippen molar-refractivity contribution in [3.05, 3.63) is 24.3 Å². The predicted octanol–water partition coefficient (Wildman–Crippen LogP) is 1.25. The minimum absolute atomic E-state index is 0.0588. The number of nitrogens with two attached hydrogens (primary N) is 1. The number of ether oxygens (including phenoxy) is 1. The zero-order valence-electron chi connectivity index (χ0n) is 12.0. The molecule has 5 heteroatoms. The molecule has 0 aromatic heterocycles. The van der Waals surface area contributed by atoms with Gasteiger partial charge in [-0.25, -0.2) is 0 Å². The lowest BCUT2D eigenvalue weighted by Gasteiger charge is -2.16. The Morgan fingerprint density at radius 3 is 2.90 bits per heavy atom. The Morgan fingerprint density at radius 2 is 2.20 bits per heavy atom. The van der Waals surface area contributed by atoms with Crippen molar-refractivity contribution >= 4 is 11.6 Å². The number of amides is 1. The lowest BCUT2D eigenvalue weighted by molar-refractivity contribution is -0.119. The van der Waals surface area contributed by atoms with E-state index in [1.807, 2.05) is 24.3 Å². The van der Waals surface area contributed by atoms with Crippen LogP contribution in [0.25, 0.3) is 0 Å². The molecule has 2 rings (SSSR count). The van der Waals surface area contributed by atoms with Crippen molar-refractivity contribution in [2.75, 3.05) is 32.0 Å². The second-order valence-electron chi connectivity index (χ2n) is 5.26. The van der Waals surface area contributed by atoms with E-state index in [0.717, 1.165) is 43.9 Å². The number of carbonyl (C=O) groups excluding carboxylic acids is 1. The summed E-state index contributed by atoms with van der Waals surface area (Å²) in [4.78, 5) is 13.4. The molecule has 3 N–H and O–H groups in total. The van der Waals surface area contributed by atoms with Crippen molar-refractivity contribution in [2.45, 2.75) is 25.8 Å². The fourth-order valence-electron chi connectivity index (χ4n) is 2.48. The molecule has 1 saturated heterocycles. The molecule has 1 fully saturated rings. The fraction of sp³-hybridized carbons (Fsp3) is 0.533. The molecule has 110 valence electrons. The number of hydrogen-bond acceptors (Lipinski definition) is 4. The van der Waals surface area contributed by atoms with Crippen molar-refractivity contribution in [1.29, 1.82) is 0 Å². The number of nitrogen functional groups attached to an aromatic ring is 1. The van der Waals surface area contributed by atoms with E-state index in [2.05, 4.69) is 10.2 Å². The van der Waals surface area contributed by atoms with Crippen LogP contribution in [0.5, 0.6) is 5.75 Å². The van der Waals surface area contributed by atoms with Crippen LogP contribution in [0.2, 0.25) is 0 Å². The van der Waals surface area contributed by atoms with Crippen molar-refractivity contribution in [3.8, 4) is 5.75 Å². The average molecular weight is 277 g/mol. The van der Waals surface area contributed by atoms with Gasteiger partial charge in [0.25, 0.3) is 0 Å². The van der Waals surface area contributed by atoms with Crippen LogP contribution in [0.15, 0.2) is 24.3 Å². The summed E-state index contributed by atoms with van der Waals surface area (Å²) in [6, 6.07) is 7.77. The van der Waals surface area contributed by atoms with Gasteiger partial charge in [-0.3, -0.25) is 4.79 Å². The second kappa shape index (κ2) is 7.14. The Morgan fingerprint density at radius 1 is 1.45 bits per heavy atom. The third-order valence-electron chi connectivity index (χ3n) is 3.45. The van der Waals surface area contributed by atoms with Crippen LogP contribution in [-0.2, 0) is 4.79 Å². The summed E-state index contributed by atoms with van der Waals surface area (Å²) in [5, 5.41) is 2.97. The summed E-state index contributed by atoms with van der Waals surface area (Å²) in [7, 11) is 0. The monoisotopic (exact) mass is 277 g/mol. The van der Waals surface area contributed by atoms with Gasteiger partial charge in [0, 0.05) is 38.3 Å². The van der Waals surface area contributed by atoms with Crippen LogP contribution in [0.3, 0.4) is 0 Å². The number of nitrogens with zero attached hydrogens (tertiary/aromatic N) is 1. The van der Waals surface area contributed by atoms with Gasteiger partial charge in [0.2, 0.25) is 5.91 Å². The number of anilines is 1. The third kappa shape index (κ3) is 4.74. The molecule has 1 amide bonds. The highest BCUT2D eigenvalue weighted by Gasteiger charge is 2.22. The van der Waals surface area contributed by atoms with Gasteiger partial charge in [-0.15, -0.1) is 0 Å². The van der Waals surface area contributed by atoms with Gasteiger partial charge in [-0.1, -0.05) is 0 Å². The molecule has 1 aromatic rings. The van der Waals surface area contributed by atoms with E-state index in [1.54, 1.807) is 6.92 Å². The zero-order valence-corrected chi connectivity index (χ0v) is 12.0. The molecule has 1 aromatic carbocycles. The summed E-state index contributed by atoms with van der Waals surface area (Å²) < 4.78 is 5.66. The first kappa shape index (κ1) is 14.7. The molecular formula is C15H23N3O2. The minimum Gasteiger partial charge on any atom is -0.494 e. The Kier molecular flexibility index (Phi) is 5.24. The number of rotatable bonds is 6. The number of likely N-dealkylation sites (tertiary alicyclic amines) is 1. The Bertz CT molecular complexity index is 433. The van der Waals surface area contributed by atoms with Gasteiger partial charge in [0.1, 0.15) is 5.75 Å². The van der Waals surface area contributed by atoms with E-state index < -0.39 is 0 Å². The topological polar surface area (TPSA) is 67.6 Å². The van der Waals surface area contributed by atoms with Gasteiger partial charge in [-0.05, 0) is 37.1 Å². The maximum atomic E-state index is 11.0. The van der Waals surface area contributed by atoms with E-state index in [1.165, 1.54) is 0 Å². The fourth-order valence-corrected chi connectivity index (χ4v) is 2.48. The highest BCUT2D eigenvalue weighted by atomic mass is 16.5. The second-order valence-corrected chi connectivity index (χ2v) is 5.26. The molecule has 1 atom stereocenters. The molecule has 20 heavy (non-hydrogen) atoms. The van der Waals surface area contributed by atoms with Crippen LogP contribution in [0.1, 0.15) is 19.8 Å². The normalized spacial score (nSPS) is 18.9. The standard InChI is InChI=1S/C15H23N3O2/c1-12(19)17-14-7-9-18(11-14)8-2-10-20-15-5-3-13(16)4-6-15/h3-6,14H,2,7-11,16H2,1H3,(H,17,19). The largest absolute Gasteiger partial charge is 0.494 e.